The van der Waals surface area contributed by atoms with E-state index in [-0.39, 0.29) is 0 Å². The quantitative estimate of drug-likeness (QED) is 0.640. The van der Waals surface area contributed by atoms with Gasteiger partial charge < -0.3 is 4.74 Å². The lowest BCUT2D eigenvalue weighted by Crippen LogP contribution is -2.09. The number of halogens is 1. The third-order valence-corrected chi connectivity index (χ3v) is 3.13. The summed E-state index contributed by atoms with van der Waals surface area (Å²) >= 11 is 5.82. The smallest absolute Gasteiger partial charge is 0.129 e. The number of nitrogens with zero attached hydrogens (tertiary/aromatic N) is 1. The Hall–Kier alpha value is -0.600. The molecule has 0 fully saturated rings. The molecule has 0 aliphatic carbocycles. The summed E-state index contributed by atoms with van der Waals surface area (Å²) in [4.78, 5) is 4.20. The Bertz CT molecular complexity index is 317. The van der Waals surface area contributed by atoms with Gasteiger partial charge in [-0.2, -0.15) is 0 Å². The molecule has 1 unspecified atom stereocenters. The molecule has 0 spiro atoms. The van der Waals surface area contributed by atoms with Crippen LogP contribution in [0.15, 0.2) is 18.2 Å². The second kappa shape index (κ2) is 8.48. The SMILES string of the molecule is CCCCC(CC)COCc1cccc(Cl)n1. The molecule has 17 heavy (non-hydrogen) atoms. The predicted molar refractivity (Wildman–Crippen MR) is 72.2 cm³/mol. The highest BCUT2D eigenvalue weighted by molar-refractivity contribution is 6.29. The highest BCUT2D eigenvalue weighted by atomic mass is 35.5. The van der Waals surface area contributed by atoms with Gasteiger partial charge >= 0.3 is 0 Å². The van der Waals surface area contributed by atoms with Crippen LogP contribution >= 0.6 is 11.6 Å². The molecule has 0 radical (unpaired) electrons. The van der Waals surface area contributed by atoms with Gasteiger partial charge in [0.15, 0.2) is 0 Å². The van der Waals surface area contributed by atoms with Crippen molar-refractivity contribution < 1.29 is 4.74 Å². The standard InChI is InChI=1S/C14H22ClNO/c1-3-5-7-12(4-2)10-17-11-13-8-6-9-14(15)16-13/h6,8-9,12H,3-5,7,10-11H2,1-2H3. The number of rotatable bonds is 8. The van der Waals surface area contributed by atoms with Crippen molar-refractivity contribution in [3.8, 4) is 0 Å². The van der Waals surface area contributed by atoms with Crippen molar-refractivity contribution in [1.82, 2.24) is 4.98 Å². The maximum atomic E-state index is 5.82. The summed E-state index contributed by atoms with van der Waals surface area (Å²) in [6.45, 7) is 5.83. The number of pyridine rings is 1. The lowest BCUT2D eigenvalue weighted by atomic mass is 10.0. The van der Waals surface area contributed by atoms with Crippen LogP contribution in [0.1, 0.15) is 45.2 Å². The zero-order valence-electron chi connectivity index (χ0n) is 10.8. The molecular weight excluding hydrogens is 234 g/mol. The summed E-state index contributed by atoms with van der Waals surface area (Å²) in [5, 5.41) is 0.532. The van der Waals surface area contributed by atoms with Gasteiger partial charge in [-0.1, -0.05) is 50.8 Å². The molecule has 0 aliphatic rings. The molecule has 0 saturated carbocycles. The fourth-order valence-corrected chi connectivity index (χ4v) is 1.94. The molecule has 0 N–H and O–H groups in total. The molecule has 0 saturated heterocycles. The molecule has 1 rings (SSSR count). The first-order chi connectivity index (χ1) is 8.26. The van der Waals surface area contributed by atoms with Gasteiger partial charge in [-0.15, -0.1) is 0 Å². The molecule has 0 aliphatic heterocycles. The molecule has 2 nitrogen and oxygen atoms in total. The van der Waals surface area contributed by atoms with Crippen LogP contribution in [-0.4, -0.2) is 11.6 Å². The van der Waals surface area contributed by atoms with Crippen molar-refractivity contribution in [1.29, 1.82) is 0 Å². The zero-order valence-corrected chi connectivity index (χ0v) is 11.5. The lowest BCUT2D eigenvalue weighted by molar-refractivity contribution is 0.0799. The maximum Gasteiger partial charge on any atom is 0.129 e. The average molecular weight is 256 g/mol. The van der Waals surface area contributed by atoms with Crippen LogP contribution in [0, 0.1) is 5.92 Å². The van der Waals surface area contributed by atoms with Gasteiger partial charge in [0.1, 0.15) is 5.15 Å². The molecule has 0 aromatic carbocycles. The molecule has 0 amide bonds. The number of ether oxygens (including phenoxy) is 1. The topological polar surface area (TPSA) is 22.1 Å². The maximum absolute atomic E-state index is 5.82. The molecule has 1 aromatic heterocycles. The second-order valence-corrected chi connectivity index (χ2v) is 4.77. The van der Waals surface area contributed by atoms with Gasteiger partial charge in [-0.3, -0.25) is 0 Å². The zero-order chi connectivity index (χ0) is 12.5. The van der Waals surface area contributed by atoms with Gasteiger partial charge in [-0.25, -0.2) is 4.98 Å². The van der Waals surface area contributed by atoms with Crippen molar-refractivity contribution in [2.75, 3.05) is 6.61 Å². The van der Waals surface area contributed by atoms with E-state index in [1.165, 1.54) is 25.7 Å². The van der Waals surface area contributed by atoms with Crippen molar-refractivity contribution in [3.63, 3.8) is 0 Å². The summed E-state index contributed by atoms with van der Waals surface area (Å²) in [7, 11) is 0. The number of hydrogen-bond donors (Lipinski definition) is 0. The van der Waals surface area contributed by atoms with Crippen LogP contribution in [0.2, 0.25) is 5.15 Å². The molecule has 1 heterocycles. The summed E-state index contributed by atoms with van der Waals surface area (Å²) in [5.74, 6) is 0.675. The average Bonchev–Trinajstić information content (AvgIpc) is 2.33. The predicted octanol–water partition coefficient (Wildman–Crippen LogP) is 4.47. The van der Waals surface area contributed by atoms with Crippen LogP contribution in [0.5, 0.6) is 0 Å². The largest absolute Gasteiger partial charge is 0.375 e. The molecule has 1 atom stereocenters. The van der Waals surface area contributed by atoms with E-state index in [1.54, 1.807) is 6.07 Å². The Morgan fingerprint density at radius 1 is 1.35 bits per heavy atom. The Morgan fingerprint density at radius 3 is 2.82 bits per heavy atom. The first kappa shape index (κ1) is 14.5. The second-order valence-electron chi connectivity index (χ2n) is 4.38. The summed E-state index contributed by atoms with van der Waals surface area (Å²) in [6, 6.07) is 5.63. The van der Waals surface area contributed by atoms with Gasteiger partial charge in [0.2, 0.25) is 0 Å². The van der Waals surface area contributed by atoms with E-state index in [2.05, 4.69) is 18.8 Å². The Labute approximate surface area is 109 Å². The number of unbranched alkanes of at least 4 members (excludes halogenated alkanes) is 1. The molecule has 3 heteroatoms. The number of aromatic nitrogens is 1. The highest BCUT2D eigenvalue weighted by Gasteiger charge is 2.06. The third-order valence-electron chi connectivity index (χ3n) is 2.92. The normalized spacial score (nSPS) is 12.6. The first-order valence-corrected chi connectivity index (χ1v) is 6.83. The van der Waals surface area contributed by atoms with Gasteiger partial charge in [0.05, 0.1) is 12.3 Å². The summed E-state index contributed by atoms with van der Waals surface area (Å²) in [5.41, 5.74) is 0.905. The van der Waals surface area contributed by atoms with Gasteiger partial charge in [-0.05, 0) is 24.5 Å². The minimum Gasteiger partial charge on any atom is -0.375 e. The van der Waals surface area contributed by atoms with E-state index in [0.29, 0.717) is 17.7 Å². The third kappa shape index (κ3) is 6.04. The van der Waals surface area contributed by atoms with Gasteiger partial charge in [0.25, 0.3) is 0 Å². The highest BCUT2D eigenvalue weighted by Crippen LogP contribution is 2.14. The van der Waals surface area contributed by atoms with E-state index >= 15 is 0 Å². The van der Waals surface area contributed by atoms with Crippen LogP contribution in [0.25, 0.3) is 0 Å². The molecule has 1 aromatic rings. The molecule has 0 bridgehead atoms. The van der Waals surface area contributed by atoms with Crippen LogP contribution in [-0.2, 0) is 11.3 Å². The summed E-state index contributed by atoms with van der Waals surface area (Å²) in [6.07, 6.45) is 4.99. The van der Waals surface area contributed by atoms with E-state index < -0.39 is 0 Å². The lowest BCUT2D eigenvalue weighted by Gasteiger charge is -2.14. The van der Waals surface area contributed by atoms with Crippen LogP contribution < -0.4 is 0 Å². The van der Waals surface area contributed by atoms with Crippen molar-refractivity contribution in [2.24, 2.45) is 5.92 Å². The van der Waals surface area contributed by atoms with Crippen molar-refractivity contribution in [2.45, 2.75) is 46.1 Å². The minimum atomic E-state index is 0.532. The Morgan fingerprint density at radius 2 is 2.18 bits per heavy atom. The molecular formula is C14H22ClNO. The summed E-state index contributed by atoms with van der Waals surface area (Å²) < 4.78 is 5.70. The minimum absolute atomic E-state index is 0.532. The van der Waals surface area contributed by atoms with E-state index in [1.807, 2.05) is 12.1 Å². The van der Waals surface area contributed by atoms with Crippen LogP contribution in [0.4, 0.5) is 0 Å². The molecule has 96 valence electrons. The Balaban J connectivity index is 2.26. The Kier molecular flexibility index (Phi) is 7.22. The van der Waals surface area contributed by atoms with E-state index in [4.69, 9.17) is 16.3 Å². The van der Waals surface area contributed by atoms with Crippen LogP contribution in [0.3, 0.4) is 0 Å². The monoisotopic (exact) mass is 255 g/mol. The van der Waals surface area contributed by atoms with E-state index in [0.717, 1.165) is 12.3 Å². The first-order valence-electron chi connectivity index (χ1n) is 6.45. The fraction of sp³-hybridized carbons (Fsp3) is 0.643. The number of hydrogen-bond acceptors (Lipinski definition) is 2. The van der Waals surface area contributed by atoms with Gasteiger partial charge in [0, 0.05) is 6.61 Å². The van der Waals surface area contributed by atoms with Crippen molar-refractivity contribution in [3.05, 3.63) is 29.0 Å². The van der Waals surface area contributed by atoms with Crippen molar-refractivity contribution >= 4 is 11.6 Å². The van der Waals surface area contributed by atoms with E-state index in [9.17, 15) is 0 Å². The fourth-order valence-electron chi connectivity index (χ4n) is 1.76.